The van der Waals surface area contributed by atoms with Crippen molar-refractivity contribution in [1.82, 2.24) is 0 Å². The average molecular weight is 304 g/mol. The molecule has 2 aromatic carbocycles. The van der Waals surface area contributed by atoms with Crippen LogP contribution in [0.15, 0.2) is 42.5 Å². The number of halogens is 2. The molecular formula is C17H15ClFNO. The van der Waals surface area contributed by atoms with Gasteiger partial charge in [-0.15, -0.1) is 0 Å². The van der Waals surface area contributed by atoms with E-state index in [0.717, 1.165) is 29.8 Å². The van der Waals surface area contributed by atoms with Crippen molar-refractivity contribution in [1.29, 1.82) is 0 Å². The maximum Gasteiger partial charge on any atom is 0.165 e. The molecule has 2 aromatic rings. The molecule has 0 amide bonds. The summed E-state index contributed by atoms with van der Waals surface area (Å²) in [6, 6.07) is 12.0. The van der Waals surface area contributed by atoms with Crippen molar-refractivity contribution in [2.45, 2.75) is 19.4 Å². The van der Waals surface area contributed by atoms with E-state index < -0.39 is 0 Å². The zero-order chi connectivity index (χ0) is 14.8. The van der Waals surface area contributed by atoms with Gasteiger partial charge in [-0.3, -0.25) is 4.79 Å². The van der Waals surface area contributed by atoms with Gasteiger partial charge in [0.25, 0.3) is 0 Å². The Hall–Kier alpha value is -1.87. The fraction of sp³-hybridized carbons (Fsp3) is 0.235. The molecule has 0 N–H and O–H groups in total. The maximum atomic E-state index is 13.4. The topological polar surface area (TPSA) is 20.3 Å². The van der Waals surface area contributed by atoms with E-state index >= 15 is 0 Å². The van der Waals surface area contributed by atoms with Crippen molar-refractivity contribution in [2.24, 2.45) is 0 Å². The Bertz CT molecular complexity index is 686. The Morgan fingerprint density at radius 2 is 2.00 bits per heavy atom. The highest BCUT2D eigenvalue weighted by Gasteiger charge is 2.21. The van der Waals surface area contributed by atoms with Crippen LogP contribution in [0.5, 0.6) is 0 Å². The van der Waals surface area contributed by atoms with Crippen LogP contribution in [0.2, 0.25) is 5.02 Å². The first kappa shape index (κ1) is 14.1. The summed E-state index contributed by atoms with van der Waals surface area (Å²) in [5, 5.41) is 0.546. The smallest absolute Gasteiger partial charge is 0.165 e. The molecule has 0 aromatic heterocycles. The van der Waals surface area contributed by atoms with Gasteiger partial charge in [-0.05, 0) is 42.3 Å². The Balaban J connectivity index is 1.97. The molecule has 108 valence electrons. The van der Waals surface area contributed by atoms with Crippen molar-refractivity contribution >= 4 is 23.1 Å². The van der Waals surface area contributed by atoms with Crippen LogP contribution in [-0.2, 0) is 6.54 Å². The van der Waals surface area contributed by atoms with Crippen LogP contribution < -0.4 is 4.90 Å². The van der Waals surface area contributed by atoms with Gasteiger partial charge in [0, 0.05) is 35.8 Å². The number of anilines is 1. The first-order valence-electron chi connectivity index (χ1n) is 6.96. The average Bonchev–Trinajstić information content (AvgIpc) is 2.64. The molecule has 4 heteroatoms. The van der Waals surface area contributed by atoms with Gasteiger partial charge < -0.3 is 4.90 Å². The molecule has 21 heavy (non-hydrogen) atoms. The van der Waals surface area contributed by atoms with E-state index in [-0.39, 0.29) is 11.6 Å². The summed E-state index contributed by atoms with van der Waals surface area (Å²) < 4.78 is 13.4. The van der Waals surface area contributed by atoms with E-state index in [0.29, 0.717) is 18.0 Å². The van der Waals surface area contributed by atoms with Gasteiger partial charge in [-0.25, -0.2) is 4.39 Å². The third kappa shape index (κ3) is 2.93. The maximum absolute atomic E-state index is 13.4. The molecule has 0 unspecified atom stereocenters. The van der Waals surface area contributed by atoms with Gasteiger partial charge in [-0.1, -0.05) is 23.7 Å². The highest BCUT2D eigenvalue weighted by molar-refractivity contribution is 6.31. The van der Waals surface area contributed by atoms with Gasteiger partial charge >= 0.3 is 0 Å². The number of benzene rings is 2. The molecule has 0 bridgehead atoms. The Kier molecular flexibility index (Phi) is 3.93. The lowest BCUT2D eigenvalue weighted by Gasteiger charge is -2.25. The van der Waals surface area contributed by atoms with Crippen molar-refractivity contribution in [3.05, 3.63) is 64.4 Å². The number of Topliss-reactive ketones (excluding diaryl/α,β-unsaturated/α-hetero) is 1. The molecule has 3 rings (SSSR count). The standard InChI is InChI=1S/C17H15ClFNO/c18-15-8-7-13(19)10-12(15)11-20-9-3-6-17(21)14-4-1-2-5-16(14)20/h1-2,4-5,7-8,10H,3,6,9,11H2. The molecule has 0 atom stereocenters. The van der Waals surface area contributed by atoms with Crippen LogP contribution >= 0.6 is 11.6 Å². The molecule has 0 fully saturated rings. The minimum atomic E-state index is -0.298. The number of carbonyl (C=O) groups is 1. The fourth-order valence-electron chi connectivity index (χ4n) is 2.71. The summed E-state index contributed by atoms with van der Waals surface area (Å²) >= 11 is 6.15. The number of hydrogen-bond donors (Lipinski definition) is 0. The minimum absolute atomic E-state index is 0.165. The van der Waals surface area contributed by atoms with Gasteiger partial charge in [0.2, 0.25) is 0 Å². The summed E-state index contributed by atoms with van der Waals surface area (Å²) in [7, 11) is 0. The van der Waals surface area contributed by atoms with E-state index in [1.807, 2.05) is 24.3 Å². The van der Waals surface area contributed by atoms with Crippen molar-refractivity contribution in [3.63, 3.8) is 0 Å². The number of fused-ring (bicyclic) bond motifs is 1. The van der Waals surface area contributed by atoms with Crippen LogP contribution in [0.4, 0.5) is 10.1 Å². The van der Waals surface area contributed by atoms with Gasteiger partial charge in [0.05, 0.1) is 0 Å². The molecule has 0 saturated heterocycles. The molecule has 0 aliphatic carbocycles. The summed E-state index contributed by atoms with van der Waals surface area (Å²) in [6.45, 7) is 1.26. The first-order chi connectivity index (χ1) is 10.1. The van der Waals surface area contributed by atoms with Crippen LogP contribution in [0.3, 0.4) is 0 Å². The second-order valence-corrected chi connectivity index (χ2v) is 5.61. The van der Waals surface area contributed by atoms with Gasteiger partial charge in [0.15, 0.2) is 5.78 Å². The fourth-order valence-corrected chi connectivity index (χ4v) is 2.88. The van der Waals surface area contributed by atoms with Gasteiger partial charge in [-0.2, -0.15) is 0 Å². The molecule has 1 aliphatic heterocycles. The predicted octanol–water partition coefficient (Wildman–Crippen LogP) is 4.46. The van der Waals surface area contributed by atoms with Crippen molar-refractivity contribution < 1.29 is 9.18 Å². The van der Waals surface area contributed by atoms with Crippen molar-refractivity contribution in [3.8, 4) is 0 Å². The Morgan fingerprint density at radius 1 is 1.19 bits per heavy atom. The summed E-state index contributed by atoms with van der Waals surface area (Å²) in [6.07, 6.45) is 1.34. The number of carbonyl (C=O) groups excluding carboxylic acids is 1. The quantitative estimate of drug-likeness (QED) is 0.816. The van der Waals surface area contributed by atoms with Crippen LogP contribution in [0.25, 0.3) is 0 Å². The number of rotatable bonds is 2. The Labute approximate surface area is 128 Å². The van der Waals surface area contributed by atoms with E-state index in [1.54, 1.807) is 6.07 Å². The number of para-hydroxylation sites is 1. The van der Waals surface area contributed by atoms with Crippen LogP contribution in [0.1, 0.15) is 28.8 Å². The predicted molar refractivity (Wildman–Crippen MR) is 82.5 cm³/mol. The molecule has 0 radical (unpaired) electrons. The second kappa shape index (κ2) is 5.86. The van der Waals surface area contributed by atoms with Gasteiger partial charge in [0.1, 0.15) is 5.82 Å². The van der Waals surface area contributed by atoms with Crippen LogP contribution in [-0.4, -0.2) is 12.3 Å². The monoisotopic (exact) mass is 303 g/mol. The van der Waals surface area contributed by atoms with Crippen molar-refractivity contribution in [2.75, 3.05) is 11.4 Å². The zero-order valence-corrected chi connectivity index (χ0v) is 12.2. The van der Waals surface area contributed by atoms with E-state index in [2.05, 4.69) is 4.90 Å². The SMILES string of the molecule is O=C1CCCN(Cc2cc(F)ccc2Cl)c2ccccc21. The van der Waals surface area contributed by atoms with Crippen LogP contribution in [0, 0.1) is 5.82 Å². The normalized spacial score (nSPS) is 14.8. The third-order valence-corrected chi connectivity index (χ3v) is 4.11. The summed E-state index contributed by atoms with van der Waals surface area (Å²) in [5.74, 6) is -0.132. The third-order valence-electron chi connectivity index (χ3n) is 3.75. The lowest BCUT2D eigenvalue weighted by molar-refractivity contribution is 0.0984. The molecule has 0 saturated carbocycles. The second-order valence-electron chi connectivity index (χ2n) is 5.20. The Morgan fingerprint density at radius 3 is 2.86 bits per heavy atom. The lowest BCUT2D eigenvalue weighted by Crippen LogP contribution is -2.23. The molecule has 1 aliphatic rings. The first-order valence-corrected chi connectivity index (χ1v) is 7.34. The molecule has 2 nitrogen and oxygen atoms in total. The van der Waals surface area contributed by atoms with E-state index in [1.165, 1.54) is 12.1 Å². The highest BCUT2D eigenvalue weighted by atomic mass is 35.5. The highest BCUT2D eigenvalue weighted by Crippen LogP contribution is 2.29. The summed E-state index contributed by atoms with van der Waals surface area (Å²) in [5.41, 5.74) is 2.38. The van der Waals surface area contributed by atoms with E-state index in [9.17, 15) is 9.18 Å². The summed E-state index contributed by atoms with van der Waals surface area (Å²) in [4.78, 5) is 14.2. The number of nitrogens with zero attached hydrogens (tertiary/aromatic N) is 1. The zero-order valence-electron chi connectivity index (χ0n) is 11.5. The largest absolute Gasteiger partial charge is 0.367 e. The molecule has 0 spiro atoms. The van der Waals surface area contributed by atoms with E-state index in [4.69, 9.17) is 11.6 Å². The number of hydrogen-bond acceptors (Lipinski definition) is 2. The number of ketones is 1. The minimum Gasteiger partial charge on any atom is -0.367 e. The lowest BCUT2D eigenvalue weighted by atomic mass is 10.1. The molecular weight excluding hydrogens is 289 g/mol. The molecule has 1 heterocycles.